The molecule has 2 aromatic carbocycles. The summed E-state index contributed by atoms with van der Waals surface area (Å²) in [5, 5.41) is 7.67. The predicted octanol–water partition coefficient (Wildman–Crippen LogP) is 3.89. The number of halogens is 1. The maximum absolute atomic E-state index is 12.9. The Bertz CT molecular complexity index is 841. The van der Waals surface area contributed by atoms with Crippen molar-refractivity contribution in [3.63, 3.8) is 0 Å². The lowest BCUT2D eigenvalue weighted by Gasteiger charge is -2.11. The summed E-state index contributed by atoms with van der Waals surface area (Å²) in [6, 6.07) is 12.1. The first-order valence-corrected chi connectivity index (χ1v) is 7.40. The van der Waals surface area contributed by atoms with Crippen LogP contribution in [0.4, 0.5) is 4.39 Å². The number of aromatic nitrogens is 2. The van der Waals surface area contributed by atoms with Gasteiger partial charge >= 0.3 is 0 Å². The molecule has 0 fully saturated rings. The third kappa shape index (κ3) is 3.48. The molecular formula is C18H15FN2O3. The van der Waals surface area contributed by atoms with Crippen molar-refractivity contribution in [2.24, 2.45) is 0 Å². The smallest absolute Gasteiger partial charge is 0.256 e. The highest BCUT2D eigenvalue weighted by Gasteiger charge is 2.15. The van der Waals surface area contributed by atoms with Crippen LogP contribution in [0.2, 0.25) is 0 Å². The zero-order valence-corrected chi connectivity index (χ0v) is 13.2. The number of hydrogen-bond acceptors (Lipinski definition) is 5. The van der Waals surface area contributed by atoms with E-state index >= 15 is 0 Å². The first-order valence-electron chi connectivity index (χ1n) is 7.40. The number of benzene rings is 2. The maximum Gasteiger partial charge on any atom is 0.256 e. The quantitative estimate of drug-likeness (QED) is 0.666. The Kier molecular flexibility index (Phi) is 4.37. The monoisotopic (exact) mass is 326 g/mol. The van der Waals surface area contributed by atoms with Gasteiger partial charge in [0.25, 0.3) is 5.89 Å². The van der Waals surface area contributed by atoms with Gasteiger partial charge < -0.3 is 9.15 Å². The topological polar surface area (TPSA) is 65.2 Å². The van der Waals surface area contributed by atoms with Crippen molar-refractivity contribution in [1.82, 2.24) is 10.2 Å². The fraction of sp³-hybridized carbons (Fsp3) is 0.167. The van der Waals surface area contributed by atoms with Crippen LogP contribution in [-0.4, -0.2) is 16.0 Å². The molecule has 0 spiro atoms. The summed E-state index contributed by atoms with van der Waals surface area (Å²) in [5.74, 6) is 0.885. The second-order valence-corrected chi connectivity index (χ2v) is 5.28. The molecule has 5 nitrogen and oxygen atoms in total. The number of ketones is 1. The first-order chi connectivity index (χ1) is 11.5. The van der Waals surface area contributed by atoms with Crippen molar-refractivity contribution in [3.05, 3.63) is 77.3 Å². The van der Waals surface area contributed by atoms with Gasteiger partial charge in [-0.05, 0) is 55.5 Å². The summed E-state index contributed by atoms with van der Waals surface area (Å²) in [4.78, 5) is 12.3. The number of hydrogen-bond donors (Lipinski definition) is 0. The molecule has 0 bridgehead atoms. The summed E-state index contributed by atoms with van der Waals surface area (Å²) in [6.07, 6.45) is -0.398. The van der Waals surface area contributed by atoms with Crippen molar-refractivity contribution < 1.29 is 18.3 Å². The van der Waals surface area contributed by atoms with Gasteiger partial charge in [0.1, 0.15) is 11.6 Å². The molecule has 0 saturated carbocycles. The highest BCUT2D eigenvalue weighted by Crippen LogP contribution is 2.22. The molecule has 0 aliphatic carbocycles. The molecule has 1 heterocycles. The summed E-state index contributed by atoms with van der Waals surface area (Å²) in [6.45, 7) is 3.50. The fourth-order valence-electron chi connectivity index (χ4n) is 2.18. The Labute approximate surface area is 138 Å². The Morgan fingerprint density at radius 2 is 1.62 bits per heavy atom. The number of ether oxygens (including phenoxy) is 1. The van der Waals surface area contributed by atoms with Crippen LogP contribution in [-0.2, 0) is 0 Å². The van der Waals surface area contributed by atoms with Gasteiger partial charge in [0, 0.05) is 18.1 Å². The lowest BCUT2D eigenvalue weighted by Crippen LogP contribution is -2.05. The van der Waals surface area contributed by atoms with Crippen LogP contribution in [0.3, 0.4) is 0 Å². The van der Waals surface area contributed by atoms with Crippen molar-refractivity contribution in [3.8, 4) is 5.75 Å². The maximum atomic E-state index is 12.9. The van der Waals surface area contributed by atoms with E-state index in [1.54, 1.807) is 38.1 Å². The largest absolute Gasteiger partial charge is 0.481 e. The van der Waals surface area contributed by atoms with Gasteiger partial charge in [-0.25, -0.2) is 4.39 Å². The normalized spacial score (nSPS) is 12.0. The molecule has 3 aromatic rings. The van der Waals surface area contributed by atoms with Crippen LogP contribution in [0.1, 0.15) is 40.7 Å². The zero-order valence-electron chi connectivity index (χ0n) is 13.2. The summed E-state index contributed by atoms with van der Waals surface area (Å²) >= 11 is 0. The molecule has 0 unspecified atom stereocenters. The molecule has 0 saturated heterocycles. The summed E-state index contributed by atoms with van der Waals surface area (Å²) < 4.78 is 24.0. The second kappa shape index (κ2) is 6.62. The highest BCUT2D eigenvalue weighted by molar-refractivity contribution is 6.08. The molecule has 3 rings (SSSR count). The van der Waals surface area contributed by atoms with Crippen molar-refractivity contribution in [2.75, 3.05) is 0 Å². The molecule has 0 aliphatic rings. The Morgan fingerprint density at radius 3 is 2.17 bits per heavy atom. The van der Waals surface area contributed by atoms with Gasteiger partial charge in [0.05, 0.1) is 0 Å². The van der Waals surface area contributed by atoms with Gasteiger partial charge in [0.15, 0.2) is 11.9 Å². The van der Waals surface area contributed by atoms with Crippen LogP contribution >= 0.6 is 0 Å². The van der Waals surface area contributed by atoms with E-state index in [1.807, 2.05) is 0 Å². The van der Waals surface area contributed by atoms with Gasteiger partial charge in [0.2, 0.25) is 5.89 Å². The van der Waals surface area contributed by atoms with E-state index in [0.29, 0.717) is 28.7 Å². The molecular weight excluding hydrogens is 311 g/mol. The molecule has 0 aliphatic heterocycles. The minimum atomic E-state index is -0.398. The van der Waals surface area contributed by atoms with Crippen LogP contribution in [0, 0.1) is 12.7 Å². The summed E-state index contributed by atoms with van der Waals surface area (Å²) in [7, 11) is 0. The molecule has 24 heavy (non-hydrogen) atoms. The van der Waals surface area contributed by atoms with Crippen molar-refractivity contribution in [1.29, 1.82) is 0 Å². The third-order valence-corrected chi connectivity index (χ3v) is 3.43. The van der Waals surface area contributed by atoms with Gasteiger partial charge in [-0.1, -0.05) is 0 Å². The molecule has 1 aromatic heterocycles. The SMILES string of the molecule is Cc1nnc([C@H](C)Oc2ccc(C(=O)c3ccc(F)cc3)cc2)o1. The minimum absolute atomic E-state index is 0.179. The summed E-state index contributed by atoms with van der Waals surface area (Å²) in [5.41, 5.74) is 0.926. The molecule has 0 N–H and O–H groups in total. The first kappa shape index (κ1) is 15.9. The van der Waals surface area contributed by atoms with E-state index in [1.165, 1.54) is 24.3 Å². The molecule has 6 heteroatoms. The molecule has 0 amide bonds. The number of rotatable bonds is 5. The number of nitrogens with zero attached hydrogens (tertiary/aromatic N) is 2. The average Bonchev–Trinajstić information content (AvgIpc) is 3.02. The highest BCUT2D eigenvalue weighted by atomic mass is 19.1. The number of carbonyl (C=O) groups excluding carboxylic acids is 1. The molecule has 0 radical (unpaired) electrons. The van der Waals surface area contributed by atoms with Crippen molar-refractivity contribution in [2.45, 2.75) is 20.0 Å². The van der Waals surface area contributed by atoms with E-state index in [9.17, 15) is 9.18 Å². The van der Waals surface area contributed by atoms with Crippen LogP contribution in [0.25, 0.3) is 0 Å². The van der Waals surface area contributed by atoms with Crippen molar-refractivity contribution >= 4 is 5.78 Å². The molecule has 1 atom stereocenters. The van der Waals surface area contributed by atoms with E-state index in [0.717, 1.165) is 0 Å². The predicted molar refractivity (Wildman–Crippen MR) is 84.4 cm³/mol. The third-order valence-electron chi connectivity index (χ3n) is 3.43. The average molecular weight is 326 g/mol. The van der Waals surface area contributed by atoms with E-state index in [4.69, 9.17) is 9.15 Å². The fourth-order valence-corrected chi connectivity index (χ4v) is 2.18. The lowest BCUT2D eigenvalue weighted by atomic mass is 10.0. The van der Waals surface area contributed by atoms with Crippen LogP contribution in [0.5, 0.6) is 5.75 Å². The van der Waals surface area contributed by atoms with Crippen LogP contribution in [0.15, 0.2) is 52.9 Å². The number of aryl methyl sites for hydroxylation is 1. The number of carbonyl (C=O) groups is 1. The Balaban J connectivity index is 1.71. The zero-order chi connectivity index (χ0) is 17.1. The van der Waals surface area contributed by atoms with Crippen LogP contribution < -0.4 is 4.74 Å². The van der Waals surface area contributed by atoms with E-state index in [-0.39, 0.29) is 11.6 Å². The van der Waals surface area contributed by atoms with Gasteiger partial charge in [-0.15, -0.1) is 10.2 Å². The van der Waals surface area contributed by atoms with Gasteiger partial charge in [-0.3, -0.25) is 4.79 Å². The standard InChI is InChI=1S/C18H15FN2O3/c1-11(18-21-20-12(2)24-18)23-16-9-5-14(6-10-16)17(22)13-3-7-15(19)8-4-13/h3-11H,1-2H3/t11-/m0/s1. The lowest BCUT2D eigenvalue weighted by molar-refractivity contribution is 0.103. The minimum Gasteiger partial charge on any atom is -0.481 e. The van der Waals surface area contributed by atoms with Gasteiger partial charge in [-0.2, -0.15) is 0 Å². The van der Waals surface area contributed by atoms with E-state index < -0.39 is 6.10 Å². The second-order valence-electron chi connectivity index (χ2n) is 5.28. The van der Waals surface area contributed by atoms with E-state index in [2.05, 4.69) is 10.2 Å². The molecule has 122 valence electrons. The Hall–Kier alpha value is -3.02. The Morgan fingerprint density at radius 1 is 1.04 bits per heavy atom.